The van der Waals surface area contributed by atoms with Gasteiger partial charge in [0.1, 0.15) is 16.9 Å². The van der Waals surface area contributed by atoms with Gasteiger partial charge in [-0.05, 0) is 13.0 Å². The van der Waals surface area contributed by atoms with Gasteiger partial charge < -0.3 is 4.90 Å². The molecule has 0 fully saturated rings. The number of hydrogen-bond donors (Lipinski definition) is 0. The van der Waals surface area contributed by atoms with Crippen LogP contribution < -0.4 is 0 Å². The Balaban J connectivity index is 3.13. The van der Waals surface area contributed by atoms with E-state index in [1.54, 1.807) is 6.92 Å². The lowest BCUT2D eigenvalue weighted by Gasteiger charge is -2.19. The predicted octanol–water partition coefficient (Wildman–Crippen LogP) is 2.02. The van der Waals surface area contributed by atoms with E-state index in [0.29, 0.717) is 6.54 Å². The van der Waals surface area contributed by atoms with Crippen LogP contribution in [0.5, 0.6) is 0 Å². The molecular formula is C11H11ClN4O3. The lowest BCUT2D eigenvalue weighted by Crippen LogP contribution is -2.32. The average molecular weight is 283 g/mol. The van der Waals surface area contributed by atoms with Crippen LogP contribution in [0.2, 0.25) is 5.15 Å². The van der Waals surface area contributed by atoms with Gasteiger partial charge in [0, 0.05) is 13.1 Å². The molecular weight excluding hydrogens is 272 g/mol. The van der Waals surface area contributed by atoms with E-state index in [2.05, 4.69) is 4.98 Å². The first-order valence-corrected chi connectivity index (χ1v) is 5.85. The Bertz CT molecular complexity index is 541. The van der Waals surface area contributed by atoms with Crippen LogP contribution in [-0.4, -0.2) is 33.8 Å². The van der Waals surface area contributed by atoms with Crippen molar-refractivity contribution in [2.24, 2.45) is 0 Å². The second-order valence-corrected chi connectivity index (χ2v) is 3.96. The number of nitro groups is 1. The van der Waals surface area contributed by atoms with Crippen LogP contribution >= 0.6 is 11.6 Å². The molecule has 8 heteroatoms. The second kappa shape index (κ2) is 6.66. The predicted molar refractivity (Wildman–Crippen MR) is 67.7 cm³/mol. The molecule has 1 heterocycles. The van der Waals surface area contributed by atoms with Crippen molar-refractivity contribution in [1.82, 2.24) is 9.88 Å². The molecule has 1 amide bonds. The molecule has 0 radical (unpaired) electrons. The minimum atomic E-state index is -0.686. The van der Waals surface area contributed by atoms with Crippen molar-refractivity contribution in [3.8, 4) is 6.07 Å². The Morgan fingerprint density at radius 3 is 2.89 bits per heavy atom. The fraction of sp³-hybridized carbons (Fsp3) is 0.364. The Kier molecular flexibility index (Phi) is 5.21. The molecule has 0 aliphatic rings. The smallest absolute Gasteiger partial charge is 0.300 e. The number of hydrogen-bond acceptors (Lipinski definition) is 5. The van der Waals surface area contributed by atoms with Gasteiger partial charge in [0.05, 0.1) is 17.4 Å². The summed E-state index contributed by atoms with van der Waals surface area (Å²) in [6.07, 6.45) is 1.11. The molecule has 0 aliphatic heterocycles. The molecule has 0 unspecified atom stereocenters. The summed E-state index contributed by atoms with van der Waals surface area (Å²) in [6, 6.07) is 3.09. The molecule has 0 N–H and O–H groups in total. The minimum Gasteiger partial charge on any atom is -0.338 e. The number of nitrogens with zero attached hydrogens (tertiary/aromatic N) is 4. The van der Waals surface area contributed by atoms with E-state index in [4.69, 9.17) is 16.9 Å². The molecule has 19 heavy (non-hydrogen) atoms. The lowest BCUT2D eigenvalue weighted by atomic mass is 10.2. The van der Waals surface area contributed by atoms with Crippen LogP contribution in [0.25, 0.3) is 0 Å². The van der Waals surface area contributed by atoms with E-state index in [9.17, 15) is 14.9 Å². The van der Waals surface area contributed by atoms with Crippen LogP contribution in [0.1, 0.15) is 23.7 Å². The highest BCUT2D eigenvalue weighted by atomic mass is 35.5. The van der Waals surface area contributed by atoms with Gasteiger partial charge in [-0.15, -0.1) is 0 Å². The average Bonchev–Trinajstić information content (AvgIpc) is 2.38. The highest BCUT2D eigenvalue weighted by Gasteiger charge is 2.24. The fourth-order valence-corrected chi connectivity index (χ4v) is 1.66. The highest BCUT2D eigenvalue weighted by Crippen LogP contribution is 2.22. The van der Waals surface area contributed by atoms with Crippen molar-refractivity contribution < 1.29 is 9.72 Å². The van der Waals surface area contributed by atoms with Crippen LogP contribution in [0.4, 0.5) is 5.69 Å². The van der Waals surface area contributed by atoms with E-state index >= 15 is 0 Å². The molecule has 7 nitrogen and oxygen atoms in total. The number of pyridine rings is 1. The van der Waals surface area contributed by atoms with Gasteiger partial charge in [0.2, 0.25) is 0 Å². The van der Waals surface area contributed by atoms with Crippen molar-refractivity contribution in [2.75, 3.05) is 13.1 Å². The van der Waals surface area contributed by atoms with Crippen molar-refractivity contribution >= 4 is 23.2 Å². The number of amides is 1. The molecule has 1 aromatic heterocycles. The maximum Gasteiger partial charge on any atom is 0.300 e. The van der Waals surface area contributed by atoms with E-state index in [-0.39, 0.29) is 23.7 Å². The number of aromatic nitrogens is 1. The first-order valence-electron chi connectivity index (χ1n) is 5.47. The SMILES string of the molecule is CCN(CCC#N)C(=O)c1cc(Cl)ncc1[N+](=O)[O-]. The molecule has 0 saturated carbocycles. The third-order valence-electron chi connectivity index (χ3n) is 2.44. The third kappa shape index (κ3) is 3.63. The zero-order valence-electron chi connectivity index (χ0n) is 10.2. The fourth-order valence-electron chi connectivity index (χ4n) is 1.50. The summed E-state index contributed by atoms with van der Waals surface area (Å²) in [7, 11) is 0. The monoisotopic (exact) mass is 282 g/mol. The minimum absolute atomic E-state index is 0.00489. The van der Waals surface area contributed by atoms with Crippen LogP contribution in [0, 0.1) is 21.4 Å². The van der Waals surface area contributed by atoms with Gasteiger partial charge >= 0.3 is 0 Å². The van der Waals surface area contributed by atoms with Gasteiger partial charge in [-0.3, -0.25) is 14.9 Å². The van der Waals surface area contributed by atoms with Crippen molar-refractivity contribution in [3.05, 3.63) is 33.1 Å². The normalized spacial score (nSPS) is 9.74. The molecule has 1 aromatic rings. The molecule has 1 rings (SSSR count). The van der Waals surface area contributed by atoms with Gasteiger partial charge in [-0.2, -0.15) is 5.26 Å². The Labute approximate surface area is 114 Å². The summed E-state index contributed by atoms with van der Waals surface area (Å²) in [6.45, 7) is 2.28. The van der Waals surface area contributed by atoms with Gasteiger partial charge in [0.15, 0.2) is 0 Å². The van der Waals surface area contributed by atoms with Crippen LogP contribution in [0.3, 0.4) is 0 Å². The molecule has 0 atom stereocenters. The molecule has 0 saturated heterocycles. The summed E-state index contributed by atoms with van der Waals surface area (Å²) in [5.74, 6) is -0.534. The summed E-state index contributed by atoms with van der Waals surface area (Å²) in [5.41, 5.74) is -0.519. The quantitative estimate of drug-likeness (QED) is 0.467. The maximum absolute atomic E-state index is 12.2. The number of halogens is 1. The standard InChI is InChI=1S/C11H11ClN4O3/c1-2-15(5-3-4-13)11(17)8-6-10(12)14-7-9(8)16(18)19/h6-7H,2-3,5H2,1H3. The number of carbonyl (C=O) groups is 1. The highest BCUT2D eigenvalue weighted by molar-refractivity contribution is 6.29. The van der Waals surface area contributed by atoms with Gasteiger partial charge in [0.25, 0.3) is 11.6 Å². The lowest BCUT2D eigenvalue weighted by molar-refractivity contribution is -0.385. The summed E-state index contributed by atoms with van der Waals surface area (Å²) in [4.78, 5) is 27.3. The summed E-state index contributed by atoms with van der Waals surface area (Å²) in [5, 5.41) is 19.4. The zero-order chi connectivity index (χ0) is 14.4. The zero-order valence-corrected chi connectivity index (χ0v) is 10.9. The first-order chi connectivity index (χ1) is 9.01. The van der Waals surface area contributed by atoms with Crippen molar-refractivity contribution in [2.45, 2.75) is 13.3 Å². The molecule has 0 bridgehead atoms. The first kappa shape index (κ1) is 14.9. The Morgan fingerprint density at radius 1 is 1.68 bits per heavy atom. The number of nitriles is 1. The Hall–Kier alpha value is -2.20. The van der Waals surface area contributed by atoms with Crippen molar-refractivity contribution in [1.29, 1.82) is 5.26 Å². The second-order valence-electron chi connectivity index (χ2n) is 3.57. The molecule has 0 aliphatic carbocycles. The van der Waals surface area contributed by atoms with E-state index < -0.39 is 16.5 Å². The van der Waals surface area contributed by atoms with Gasteiger partial charge in [-0.25, -0.2) is 4.98 Å². The Morgan fingerprint density at radius 2 is 2.37 bits per heavy atom. The number of carbonyl (C=O) groups excluding carboxylic acids is 1. The number of rotatable bonds is 5. The van der Waals surface area contributed by atoms with Crippen LogP contribution in [-0.2, 0) is 0 Å². The van der Waals surface area contributed by atoms with Gasteiger partial charge in [-0.1, -0.05) is 11.6 Å². The molecule has 0 aromatic carbocycles. The van der Waals surface area contributed by atoms with E-state index in [0.717, 1.165) is 12.3 Å². The topological polar surface area (TPSA) is 100 Å². The summed E-state index contributed by atoms with van der Waals surface area (Å²) < 4.78 is 0. The van der Waals surface area contributed by atoms with E-state index in [1.807, 2.05) is 6.07 Å². The van der Waals surface area contributed by atoms with Crippen LogP contribution in [0.15, 0.2) is 12.3 Å². The maximum atomic E-state index is 12.2. The van der Waals surface area contributed by atoms with Crippen molar-refractivity contribution in [3.63, 3.8) is 0 Å². The largest absolute Gasteiger partial charge is 0.338 e. The van der Waals surface area contributed by atoms with E-state index in [1.165, 1.54) is 4.90 Å². The summed E-state index contributed by atoms with van der Waals surface area (Å²) >= 11 is 5.66. The molecule has 100 valence electrons. The molecule has 0 spiro atoms. The third-order valence-corrected chi connectivity index (χ3v) is 2.65.